The molecule has 0 saturated carbocycles. The van der Waals surface area contributed by atoms with Crippen LogP contribution in [0, 0.1) is 0 Å². The van der Waals surface area contributed by atoms with Crippen LogP contribution < -0.4 is 10.1 Å². The van der Waals surface area contributed by atoms with E-state index in [-0.39, 0.29) is 5.91 Å². The van der Waals surface area contributed by atoms with E-state index in [0.29, 0.717) is 22.8 Å². The van der Waals surface area contributed by atoms with E-state index in [1.807, 2.05) is 54.6 Å². The molecule has 5 heteroatoms. The van der Waals surface area contributed by atoms with Crippen molar-refractivity contribution >= 4 is 23.4 Å². The fraction of sp³-hybridized carbons (Fsp3) is 0.105. The van der Waals surface area contributed by atoms with E-state index in [2.05, 4.69) is 5.32 Å². The highest BCUT2D eigenvalue weighted by Crippen LogP contribution is 2.27. The Morgan fingerprint density at radius 1 is 1.12 bits per heavy atom. The minimum atomic E-state index is -0.147. The van der Waals surface area contributed by atoms with Crippen LogP contribution in [0.15, 0.2) is 76.2 Å². The summed E-state index contributed by atoms with van der Waals surface area (Å²) >= 11 is 1.57. The highest BCUT2D eigenvalue weighted by molar-refractivity contribution is 7.98. The lowest BCUT2D eigenvalue weighted by molar-refractivity contribution is 0.102. The quantitative estimate of drug-likeness (QED) is 0.653. The van der Waals surface area contributed by atoms with Gasteiger partial charge in [-0.1, -0.05) is 18.2 Å². The maximum absolute atomic E-state index is 12.6. The SMILES string of the molecule is COc1cccc(NC(=O)c2ccccc2SCc2ccco2)c1. The number of carbonyl (C=O) groups is 1. The van der Waals surface area contributed by atoms with Gasteiger partial charge in [-0.3, -0.25) is 4.79 Å². The molecule has 3 aromatic rings. The smallest absolute Gasteiger partial charge is 0.256 e. The lowest BCUT2D eigenvalue weighted by Gasteiger charge is -2.10. The minimum absolute atomic E-state index is 0.147. The molecular weight excluding hydrogens is 322 g/mol. The molecule has 1 amide bonds. The third-order valence-electron chi connectivity index (χ3n) is 3.41. The standard InChI is InChI=1S/C19H17NO3S/c1-22-15-7-4-6-14(12-15)20-19(21)17-9-2-3-10-18(17)24-13-16-8-5-11-23-16/h2-12H,13H2,1H3,(H,20,21). The van der Waals surface area contributed by atoms with Gasteiger partial charge >= 0.3 is 0 Å². The van der Waals surface area contributed by atoms with Crippen molar-refractivity contribution in [2.75, 3.05) is 12.4 Å². The molecule has 122 valence electrons. The van der Waals surface area contributed by atoms with E-state index in [1.165, 1.54) is 0 Å². The second-order valence-corrected chi connectivity index (χ2v) is 6.07. The summed E-state index contributed by atoms with van der Waals surface area (Å²) in [6.07, 6.45) is 1.65. The molecule has 0 fully saturated rings. The zero-order chi connectivity index (χ0) is 16.8. The predicted octanol–water partition coefficient (Wildman–Crippen LogP) is 4.83. The molecule has 0 spiro atoms. The Hall–Kier alpha value is -2.66. The van der Waals surface area contributed by atoms with Crippen molar-refractivity contribution in [1.29, 1.82) is 0 Å². The summed E-state index contributed by atoms with van der Waals surface area (Å²) in [7, 11) is 1.60. The Kier molecular flexibility index (Phi) is 5.23. The molecule has 3 rings (SSSR count). The van der Waals surface area contributed by atoms with Crippen LogP contribution in [-0.2, 0) is 5.75 Å². The van der Waals surface area contributed by atoms with Crippen LogP contribution in [0.25, 0.3) is 0 Å². The lowest BCUT2D eigenvalue weighted by Crippen LogP contribution is -2.13. The molecule has 0 bridgehead atoms. The van der Waals surface area contributed by atoms with Crippen molar-refractivity contribution in [2.45, 2.75) is 10.6 Å². The largest absolute Gasteiger partial charge is 0.497 e. The molecule has 4 nitrogen and oxygen atoms in total. The number of benzene rings is 2. The molecule has 0 radical (unpaired) electrons. The number of thioether (sulfide) groups is 1. The Morgan fingerprint density at radius 2 is 2.00 bits per heavy atom. The fourth-order valence-electron chi connectivity index (χ4n) is 2.22. The number of nitrogens with one attached hydrogen (secondary N) is 1. The number of hydrogen-bond donors (Lipinski definition) is 1. The van der Waals surface area contributed by atoms with Crippen LogP contribution in [0.3, 0.4) is 0 Å². The maximum Gasteiger partial charge on any atom is 0.256 e. The number of carbonyl (C=O) groups excluding carboxylic acids is 1. The Bertz CT molecular complexity index is 815. The zero-order valence-electron chi connectivity index (χ0n) is 13.2. The second kappa shape index (κ2) is 7.75. The summed E-state index contributed by atoms with van der Waals surface area (Å²) in [5, 5.41) is 2.91. The highest BCUT2D eigenvalue weighted by atomic mass is 32.2. The number of hydrogen-bond acceptors (Lipinski definition) is 4. The van der Waals surface area contributed by atoms with Crippen LogP contribution in [0.2, 0.25) is 0 Å². The number of ether oxygens (including phenoxy) is 1. The average Bonchev–Trinajstić information content (AvgIpc) is 3.14. The molecule has 0 aliphatic heterocycles. The van der Waals surface area contributed by atoms with Crippen molar-refractivity contribution in [3.63, 3.8) is 0 Å². The number of rotatable bonds is 6. The number of furan rings is 1. The Balaban J connectivity index is 1.74. The molecule has 0 aliphatic carbocycles. The van der Waals surface area contributed by atoms with Crippen LogP contribution in [0.4, 0.5) is 5.69 Å². The molecule has 0 aliphatic rings. The van der Waals surface area contributed by atoms with Gasteiger partial charge in [0, 0.05) is 16.6 Å². The van der Waals surface area contributed by atoms with Gasteiger partial charge in [-0.25, -0.2) is 0 Å². The van der Waals surface area contributed by atoms with Crippen molar-refractivity contribution in [1.82, 2.24) is 0 Å². The lowest BCUT2D eigenvalue weighted by atomic mass is 10.2. The van der Waals surface area contributed by atoms with Crippen molar-refractivity contribution < 1.29 is 13.9 Å². The van der Waals surface area contributed by atoms with Crippen LogP contribution >= 0.6 is 11.8 Å². The molecule has 0 atom stereocenters. The van der Waals surface area contributed by atoms with E-state index in [9.17, 15) is 4.79 Å². The van der Waals surface area contributed by atoms with Gasteiger partial charge in [-0.05, 0) is 36.4 Å². The van der Waals surface area contributed by atoms with E-state index in [1.54, 1.807) is 31.2 Å². The van der Waals surface area contributed by atoms with Gasteiger partial charge < -0.3 is 14.5 Å². The summed E-state index contributed by atoms with van der Waals surface area (Å²) in [6.45, 7) is 0. The third-order valence-corrected chi connectivity index (χ3v) is 4.51. The summed E-state index contributed by atoms with van der Waals surface area (Å²) in [4.78, 5) is 13.5. The van der Waals surface area contributed by atoms with E-state index in [0.717, 1.165) is 10.7 Å². The molecule has 1 heterocycles. The van der Waals surface area contributed by atoms with Crippen LogP contribution in [0.1, 0.15) is 16.1 Å². The van der Waals surface area contributed by atoms with Crippen LogP contribution in [-0.4, -0.2) is 13.0 Å². The molecule has 1 N–H and O–H groups in total. The second-order valence-electron chi connectivity index (χ2n) is 5.05. The first kappa shape index (κ1) is 16.2. The minimum Gasteiger partial charge on any atom is -0.497 e. The molecule has 24 heavy (non-hydrogen) atoms. The van der Waals surface area contributed by atoms with Gasteiger partial charge in [0.25, 0.3) is 5.91 Å². The molecular formula is C19H17NO3S. The monoisotopic (exact) mass is 339 g/mol. The van der Waals surface area contributed by atoms with Gasteiger partial charge in [-0.2, -0.15) is 0 Å². The van der Waals surface area contributed by atoms with Gasteiger partial charge in [0.2, 0.25) is 0 Å². The van der Waals surface area contributed by atoms with Crippen LogP contribution in [0.5, 0.6) is 5.75 Å². The van der Waals surface area contributed by atoms with Gasteiger partial charge in [-0.15, -0.1) is 11.8 Å². The maximum atomic E-state index is 12.6. The van der Waals surface area contributed by atoms with Crippen molar-refractivity contribution in [2.24, 2.45) is 0 Å². The topological polar surface area (TPSA) is 51.5 Å². The van der Waals surface area contributed by atoms with Crippen molar-refractivity contribution in [3.8, 4) is 5.75 Å². The normalized spacial score (nSPS) is 10.4. The van der Waals surface area contributed by atoms with E-state index >= 15 is 0 Å². The third kappa shape index (κ3) is 4.00. The average molecular weight is 339 g/mol. The fourth-order valence-corrected chi connectivity index (χ4v) is 3.18. The molecule has 1 aromatic heterocycles. The molecule has 0 saturated heterocycles. The first-order valence-corrected chi connectivity index (χ1v) is 8.44. The highest BCUT2D eigenvalue weighted by Gasteiger charge is 2.12. The molecule has 2 aromatic carbocycles. The first-order valence-electron chi connectivity index (χ1n) is 7.46. The Labute approximate surface area is 144 Å². The zero-order valence-corrected chi connectivity index (χ0v) is 14.0. The van der Waals surface area contributed by atoms with E-state index < -0.39 is 0 Å². The van der Waals surface area contributed by atoms with E-state index in [4.69, 9.17) is 9.15 Å². The Morgan fingerprint density at radius 3 is 2.79 bits per heavy atom. The first-order chi connectivity index (χ1) is 11.8. The summed E-state index contributed by atoms with van der Waals surface area (Å²) in [5.74, 6) is 2.11. The number of anilines is 1. The number of methoxy groups -OCH3 is 1. The predicted molar refractivity (Wildman–Crippen MR) is 95.7 cm³/mol. The van der Waals surface area contributed by atoms with Gasteiger partial charge in [0.05, 0.1) is 24.7 Å². The van der Waals surface area contributed by atoms with Gasteiger partial charge in [0.15, 0.2) is 0 Å². The van der Waals surface area contributed by atoms with Crippen molar-refractivity contribution in [3.05, 3.63) is 78.3 Å². The molecule has 0 unspecified atom stereocenters. The summed E-state index contributed by atoms with van der Waals surface area (Å²) in [6, 6.07) is 18.6. The van der Waals surface area contributed by atoms with Gasteiger partial charge in [0.1, 0.15) is 11.5 Å². The summed E-state index contributed by atoms with van der Waals surface area (Å²) < 4.78 is 10.5. The summed E-state index contributed by atoms with van der Waals surface area (Å²) in [5.41, 5.74) is 1.34. The number of amides is 1.